The molecule has 140 valence electrons. The van der Waals surface area contributed by atoms with Gasteiger partial charge in [-0.15, -0.1) is 0 Å². The van der Waals surface area contributed by atoms with Crippen LogP contribution in [0.4, 0.5) is 0 Å². The Balaban J connectivity index is 1.39. The molecule has 7 heteroatoms. The first-order chi connectivity index (χ1) is 12.2. The first kappa shape index (κ1) is 17.2. The van der Waals surface area contributed by atoms with Crippen molar-refractivity contribution in [3.8, 4) is 0 Å². The van der Waals surface area contributed by atoms with E-state index in [1.165, 1.54) is 19.3 Å². The topological polar surface area (TPSA) is 62.3 Å². The van der Waals surface area contributed by atoms with E-state index < -0.39 is 0 Å². The van der Waals surface area contributed by atoms with Gasteiger partial charge in [-0.3, -0.25) is 14.5 Å². The Morgan fingerprint density at radius 2 is 1.84 bits per heavy atom. The molecule has 0 saturated carbocycles. The highest BCUT2D eigenvalue weighted by molar-refractivity contribution is 5.81. The van der Waals surface area contributed by atoms with Gasteiger partial charge >= 0.3 is 0 Å². The predicted octanol–water partition coefficient (Wildman–Crippen LogP) is 0.0895. The number of piperidine rings is 1. The highest BCUT2D eigenvalue weighted by atomic mass is 16.5. The molecule has 4 saturated heterocycles. The number of ether oxygens (including phenoxy) is 2. The molecule has 25 heavy (non-hydrogen) atoms. The van der Waals surface area contributed by atoms with E-state index >= 15 is 0 Å². The molecule has 4 rings (SSSR count). The summed E-state index contributed by atoms with van der Waals surface area (Å²) in [7, 11) is 0. The van der Waals surface area contributed by atoms with Crippen molar-refractivity contribution in [1.82, 2.24) is 14.7 Å². The number of carbonyl (C=O) groups excluding carboxylic acids is 2. The Bertz CT molecular complexity index is 503. The van der Waals surface area contributed by atoms with Crippen molar-refractivity contribution in [2.24, 2.45) is 0 Å². The third kappa shape index (κ3) is 3.68. The van der Waals surface area contributed by atoms with Gasteiger partial charge < -0.3 is 19.3 Å². The Labute approximate surface area is 149 Å². The lowest BCUT2D eigenvalue weighted by molar-refractivity contribution is -0.159. The number of likely N-dealkylation sites (tertiary alicyclic amines) is 2. The fourth-order valence-electron chi connectivity index (χ4n) is 4.68. The summed E-state index contributed by atoms with van der Waals surface area (Å²) < 4.78 is 11.2. The third-order valence-electron chi connectivity index (χ3n) is 6.05. The highest BCUT2D eigenvalue weighted by Gasteiger charge is 2.47. The predicted molar refractivity (Wildman–Crippen MR) is 91.1 cm³/mol. The molecule has 4 aliphatic rings. The average Bonchev–Trinajstić information content (AvgIpc) is 3.07. The molecule has 0 bridgehead atoms. The van der Waals surface area contributed by atoms with Crippen LogP contribution in [0.2, 0.25) is 0 Å². The van der Waals surface area contributed by atoms with Gasteiger partial charge in [0, 0.05) is 32.3 Å². The van der Waals surface area contributed by atoms with Crippen molar-refractivity contribution in [2.45, 2.75) is 50.3 Å². The van der Waals surface area contributed by atoms with Gasteiger partial charge in [0.1, 0.15) is 6.61 Å². The van der Waals surface area contributed by atoms with Crippen LogP contribution in [0.15, 0.2) is 0 Å². The minimum Gasteiger partial charge on any atom is -0.381 e. The minimum absolute atomic E-state index is 0.00894. The summed E-state index contributed by atoms with van der Waals surface area (Å²) in [6.07, 6.45) is 5.38. The Hall–Kier alpha value is -1.18. The molecular formula is C18H29N3O4. The second-order valence-electron chi connectivity index (χ2n) is 7.70. The number of nitrogens with zero attached hydrogens (tertiary/aromatic N) is 3. The lowest BCUT2D eigenvalue weighted by Gasteiger charge is -2.43. The maximum atomic E-state index is 12.7. The van der Waals surface area contributed by atoms with Crippen molar-refractivity contribution < 1.29 is 19.1 Å². The SMILES string of the molecule is O=C(CN1CCCCC1)N1C[C@@H]2OCC(=O)N(C3CCOCC3)[C@H]2C1. The second-order valence-corrected chi connectivity index (χ2v) is 7.70. The van der Waals surface area contributed by atoms with Crippen LogP contribution < -0.4 is 0 Å². The number of amides is 2. The molecule has 4 heterocycles. The lowest BCUT2D eigenvalue weighted by atomic mass is 10.0. The van der Waals surface area contributed by atoms with Crippen molar-refractivity contribution in [3.05, 3.63) is 0 Å². The quantitative estimate of drug-likeness (QED) is 0.721. The zero-order valence-electron chi connectivity index (χ0n) is 14.9. The van der Waals surface area contributed by atoms with Gasteiger partial charge in [-0.1, -0.05) is 6.42 Å². The molecule has 0 spiro atoms. The first-order valence-electron chi connectivity index (χ1n) is 9.73. The van der Waals surface area contributed by atoms with E-state index in [-0.39, 0.29) is 36.6 Å². The summed E-state index contributed by atoms with van der Waals surface area (Å²) in [5.74, 6) is 0.248. The smallest absolute Gasteiger partial charge is 0.249 e. The molecule has 0 N–H and O–H groups in total. The van der Waals surface area contributed by atoms with E-state index in [1.54, 1.807) is 0 Å². The van der Waals surface area contributed by atoms with E-state index in [1.807, 2.05) is 9.80 Å². The summed E-state index contributed by atoms with van der Waals surface area (Å²) in [6.45, 7) is 5.35. The van der Waals surface area contributed by atoms with Crippen LogP contribution in [-0.4, -0.2) is 97.2 Å². The van der Waals surface area contributed by atoms with Gasteiger partial charge in [0.2, 0.25) is 11.8 Å². The molecule has 4 fully saturated rings. The molecule has 0 aliphatic carbocycles. The summed E-state index contributed by atoms with van der Waals surface area (Å²) in [6, 6.07) is 0.240. The van der Waals surface area contributed by atoms with E-state index in [4.69, 9.17) is 9.47 Å². The molecule has 0 radical (unpaired) electrons. The van der Waals surface area contributed by atoms with Gasteiger partial charge in [-0.2, -0.15) is 0 Å². The fraction of sp³-hybridized carbons (Fsp3) is 0.889. The van der Waals surface area contributed by atoms with Crippen LogP contribution >= 0.6 is 0 Å². The van der Waals surface area contributed by atoms with Crippen LogP contribution in [0.1, 0.15) is 32.1 Å². The second kappa shape index (κ2) is 7.60. The summed E-state index contributed by atoms with van der Waals surface area (Å²) in [5.41, 5.74) is 0. The van der Waals surface area contributed by atoms with Gasteiger partial charge in [-0.25, -0.2) is 0 Å². The van der Waals surface area contributed by atoms with E-state index in [9.17, 15) is 9.59 Å². The Morgan fingerprint density at radius 1 is 1.08 bits per heavy atom. The van der Waals surface area contributed by atoms with E-state index in [2.05, 4.69) is 4.90 Å². The molecule has 0 aromatic carbocycles. The number of fused-ring (bicyclic) bond motifs is 1. The van der Waals surface area contributed by atoms with Crippen LogP contribution in [0.5, 0.6) is 0 Å². The number of hydrogen-bond donors (Lipinski definition) is 0. The summed E-state index contributed by atoms with van der Waals surface area (Å²) in [4.78, 5) is 31.4. The molecule has 0 aromatic heterocycles. The molecule has 0 unspecified atom stereocenters. The number of morpholine rings is 1. The van der Waals surface area contributed by atoms with E-state index in [0.717, 1.165) is 25.9 Å². The lowest BCUT2D eigenvalue weighted by Crippen LogP contribution is -2.59. The number of rotatable bonds is 3. The monoisotopic (exact) mass is 351 g/mol. The van der Waals surface area contributed by atoms with Crippen molar-refractivity contribution in [2.75, 3.05) is 52.5 Å². The molecule has 4 aliphatic heterocycles. The molecular weight excluding hydrogens is 322 g/mol. The van der Waals surface area contributed by atoms with Crippen LogP contribution in [0.25, 0.3) is 0 Å². The Morgan fingerprint density at radius 3 is 2.60 bits per heavy atom. The maximum Gasteiger partial charge on any atom is 0.249 e. The molecule has 7 nitrogen and oxygen atoms in total. The van der Waals surface area contributed by atoms with Crippen LogP contribution in [0.3, 0.4) is 0 Å². The Kier molecular flexibility index (Phi) is 5.24. The number of carbonyl (C=O) groups is 2. The molecule has 0 aromatic rings. The maximum absolute atomic E-state index is 12.7. The standard InChI is InChI=1S/C18H29N3O4/c22-17(12-19-6-2-1-3-7-19)20-10-15-16(11-20)25-13-18(23)21(15)14-4-8-24-9-5-14/h14-16H,1-13H2/t15-,16-/m0/s1. The van der Waals surface area contributed by atoms with Crippen LogP contribution in [-0.2, 0) is 19.1 Å². The van der Waals surface area contributed by atoms with Crippen LogP contribution in [0, 0.1) is 0 Å². The largest absolute Gasteiger partial charge is 0.381 e. The van der Waals surface area contributed by atoms with Gasteiger partial charge in [0.05, 0.1) is 18.7 Å². The molecule has 2 amide bonds. The van der Waals surface area contributed by atoms with Crippen molar-refractivity contribution >= 4 is 11.8 Å². The molecule has 2 atom stereocenters. The average molecular weight is 351 g/mol. The minimum atomic E-state index is -0.0362. The zero-order valence-corrected chi connectivity index (χ0v) is 14.9. The van der Waals surface area contributed by atoms with Crippen molar-refractivity contribution in [3.63, 3.8) is 0 Å². The third-order valence-corrected chi connectivity index (χ3v) is 6.05. The van der Waals surface area contributed by atoms with Crippen molar-refractivity contribution in [1.29, 1.82) is 0 Å². The number of hydrogen-bond acceptors (Lipinski definition) is 5. The van der Waals surface area contributed by atoms with E-state index in [0.29, 0.717) is 32.8 Å². The van der Waals surface area contributed by atoms with Gasteiger partial charge in [0.25, 0.3) is 0 Å². The summed E-state index contributed by atoms with van der Waals surface area (Å²) in [5, 5.41) is 0. The van der Waals surface area contributed by atoms with Gasteiger partial charge in [-0.05, 0) is 38.8 Å². The fourth-order valence-corrected chi connectivity index (χ4v) is 4.68. The zero-order chi connectivity index (χ0) is 17.2. The highest BCUT2D eigenvalue weighted by Crippen LogP contribution is 2.28. The summed E-state index contributed by atoms with van der Waals surface area (Å²) >= 11 is 0. The normalized spacial score (nSPS) is 32.1. The first-order valence-corrected chi connectivity index (χ1v) is 9.73. The van der Waals surface area contributed by atoms with Gasteiger partial charge in [0.15, 0.2) is 0 Å².